The number of anilines is 1. The predicted molar refractivity (Wildman–Crippen MR) is 148 cm³/mol. The van der Waals surface area contributed by atoms with Gasteiger partial charge in [-0.15, -0.1) is 10.2 Å². The van der Waals surface area contributed by atoms with Crippen molar-refractivity contribution in [3.63, 3.8) is 0 Å². The Balaban J connectivity index is 1.24. The number of nitrogens with zero attached hydrogens (tertiary/aromatic N) is 8. The Morgan fingerprint density at radius 3 is 2.60 bits per heavy atom. The van der Waals surface area contributed by atoms with E-state index in [2.05, 4.69) is 31.5 Å². The van der Waals surface area contributed by atoms with E-state index in [1.54, 1.807) is 6.33 Å². The van der Waals surface area contributed by atoms with Crippen molar-refractivity contribution in [1.82, 2.24) is 34.0 Å². The Hall–Kier alpha value is -3.32. The first-order valence-corrected chi connectivity index (χ1v) is 14.6. The van der Waals surface area contributed by atoms with Gasteiger partial charge in [-0.05, 0) is 57.2 Å². The van der Waals surface area contributed by atoms with Crippen molar-refractivity contribution in [2.24, 2.45) is 5.92 Å². The molecule has 3 fully saturated rings. The molecule has 5 heterocycles. The molecule has 4 atom stereocenters. The predicted octanol–water partition coefficient (Wildman–Crippen LogP) is 4.93. The quantitative estimate of drug-likeness (QED) is 0.297. The molecular weight excluding hydrogens is 552 g/mol. The Bertz CT molecular complexity index is 1620. The SMILES string of the molecule is Cc1nc2c(N3C[C@@H](C)N([C@@H](c4ccc(F)c(F)c4)C4CC(F)(F)C4)C[C@@H]3C)nc3nncn3c2n1CC1CCCO1. The maximum absolute atomic E-state index is 14.3. The normalized spacial score (nSPS) is 25.9. The number of hydrogen-bond donors (Lipinski definition) is 0. The number of piperazine rings is 1. The van der Waals surface area contributed by atoms with Crippen LogP contribution in [0.5, 0.6) is 0 Å². The Morgan fingerprint density at radius 1 is 1.07 bits per heavy atom. The summed E-state index contributed by atoms with van der Waals surface area (Å²) in [6.45, 7) is 8.55. The summed E-state index contributed by atoms with van der Waals surface area (Å²) in [6, 6.07) is 3.13. The second kappa shape index (κ2) is 10.1. The number of aromatic nitrogens is 6. The molecule has 9 nitrogen and oxygen atoms in total. The van der Waals surface area contributed by atoms with Crippen LogP contribution in [-0.2, 0) is 11.3 Å². The fraction of sp³-hybridized carbons (Fsp3) is 0.586. The standard InChI is InChI=1S/C29H34F4N8O/c1-16-13-39(17(2)12-38(16)25(20-10-29(32,33)11-20)19-6-7-22(30)23(31)9-19)26-24-27(41-15-34-37-28(41)36-26)40(18(3)35-24)14-21-5-4-8-42-21/h6-7,9,15-17,20-21,25H,4-5,8,10-14H2,1-3H3/t16-,17+,21?,25+/m1/s1. The first kappa shape index (κ1) is 27.5. The first-order valence-electron chi connectivity index (χ1n) is 14.6. The number of benzene rings is 1. The molecule has 1 aromatic carbocycles. The lowest BCUT2D eigenvalue weighted by Gasteiger charge is -2.52. The summed E-state index contributed by atoms with van der Waals surface area (Å²) in [5.41, 5.74) is 2.11. The van der Waals surface area contributed by atoms with Gasteiger partial charge in [-0.1, -0.05) is 6.07 Å². The molecule has 0 radical (unpaired) electrons. The van der Waals surface area contributed by atoms with Gasteiger partial charge < -0.3 is 14.2 Å². The molecule has 0 N–H and O–H groups in total. The Morgan fingerprint density at radius 2 is 1.88 bits per heavy atom. The maximum atomic E-state index is 14.3. The van der Waals surface area contributed by atoms with Gasteiger partial charge in [0.15, 0.2) is 23.1 Å². The van der Waals surface area contributed by atoms with Gasteiger partial charge in [0, 0.05) is 50.7 Å². The summed E-state index contributed by atoms with van der Waals surface area (Å²) in [5.74, 6) is -3.02. The van der Waals surface area contributed by atoms with E-state index < -0.39 is 23.6 Å². The van der Waals surface area contributed by atoms with Crippen LogP contribution in [0.3, 0.4) is 0 Å². The summed E-state index contributed by atoms with van der Waals surface area (Å²) in [6.07, 6.45) is 3.24. The second-order valence-electron chi connectivity index (χ2n) is 12.2. The van der Waals surface area contributed by atoms with Crippen LogP contribution in [0, 0.1) is 24.5 Å². The molecular formula is C29H34F4N8O. The van der Waals surface area contributed by atoms with Crippen LogP contribution in [-0.4, -0.2) is 77.8 Å². The third-order valence-corrected chi connectivity index (χ3v) is 9.23. The molecule has 3 aliphatic rings. The van der Waals surface area contributed by atoms with Crippen LogP contribution in [0.1, 0.15) is 57.0 Å². The molecule has 4 aromatic rings. The zero-order valence-corrected chi connectivity index (χ0v) is 23.9. The molecule has 0 amide bonds. The smallest absolute Gasteiger partial charge is 0.258 e. The maximum Gasteiger partial charge on any atom is 0.258 e. The van der Waals surface area contributed by atoms with E-state index in [1.165, 1.54) is 6.07 Å². The summed E-state index contributed by atoms with van der Waals surface area (Å²) < 4.78 is 66.1. The summed E-state index contributed by atoms with van der Waals surface area (Å²) in [7, 11) is 0. The molecule has 42 heavy (non-hydrogen) atoms. The number of aryl methyl sites for hydroxylation is 1. The van der Waals surface area contributed by atoms with E-state index in [4.69, 9.17) is 14.7 Å². The van der Waals surface area contributed by atoms with Crippen LogP contribution >= 0.6 is 0 Å². The van der Waals surface area contributed by atoms with Crippen molar-refractivity contribution < 1.29 is 22.3 Å². The van der Waals surface area contributed by atoms with Crippen molar-refractivity contribution in [1.29, 1.82) is 0 Å². The van der Waals surface area contributed by atoms with E-state index in [9.17, 15) is 17.6 Å². The molecule has 224 valence electrons. The molecule has 2 saturated heterocycles. The minimum absolute atomic E-state index is 0.0840. The molecule has 1 aliphatic carbocycles. The average Bonchev–Trinajstić information content (AvgIpc) is 3.68. The molecule has 13 heteroatoms. The molecule has 7 rings (SSSR count). The van der Waals surface area contributed by atoms with Crippen molar-refractivity contribution in [2.75, 3.05) is 24.6 Å². The van der Waals surface area contributed by atoms with Crippen LogP contribution in [0.4, 0.5) is 23.4 Å². The largest absolute Gasteiger partial charge is 0.376 e. The second-order valence-corrected chi connectivity index (χ2v) is 12.2. The van der Waals surface area contributed by atoms with Gasteiger partial charge >= 0.3 is 0 Å². The average molecular weight is 587 g/mol. The number of rotatable bonds is 6. The van der Waals surface area contributed by atoms with Gasteiger partial charge in [-0.3, -0.25) is 4.90 Å². The van der Waals surface area contributed by atoms with Crippen LogP contribution in [0.25, 0.3) is 16.9 Å². The Labute approximate surface area is 240 Å². The lowest BCUT2D eigenvalue weighted by Crippen LogP contribution is -2.59. The molecule has 2 aliphatic heterocycles. The number of ether oxygens (including phenoxy) is 1. The van der Waals surface area contributed by atoms with E-state index >= 15 is 0 Å². The highest BCUT2D eigenvalue weighted by Gasteiger charge is 2.51. The van der Waals surface area contributed by atoms with Crippen LogP contribution in [0.15, 0.2) is 24.5 Å². The van der Waals surface area contributed by atoms with E-state index in [0.29, 0.717) is 36.8 Å². The Kier molecular flexibility index (Phi) is 6.65. The highest BCUT2D eigenvalue weighted by atomic mass is 19.3. The third-order valence-electron chi connectivity index (χ3n) is 9.23. The van der Waals surface area contributed by atoms with Crippen molar-refractivity contribution in [3.05, 3.63) is 47.5 Å². The van der Waals surface area contributed by atoms with Gasteiger partial charge in [0.05, 0.1) is 12.6 Å². The number of alkyl halides is 2. The van der Waals surface area contributed by atoms with Crippen molar-refractivity contribution >= 4 is 22.8 Å². The van der Waals surface area contributed by atoms with Gasteiger partial charge in [-0.2, -0.15) is 4.98 Å². The minimum atomic E-state index is -2.73. The summed E-state index contributed by atoms with van der Waals surface area (Å²) in [5, 5.41) is 8.38. The van der Waals surface area contributed by atoms with Crippen LogP contribution in [0.2, 0.25) is 0 Å². The molecule has 0 bridgehead atoms. The van der Waals surface area contributed by atoms with Gasteiger partial charge in [0.25, 0.3) is 5.78 Å². The van der Waals surface area contributed by atoms with Gasteiger partial charge in [0.2, 0.25) is 5.92 Å². The lowest BCUT2D eigenvalue weighted by molar-refractivity contribution is -0.137. The molecule has 3 aromatic heterocycles. The lowest BCUT2D eigenvalue weighted by atomic mass is 9.73. The molecule has 1 saturated carbocycles. The number of imidazole rings is 1. The fourth-order valence-corrected chi connectivity index (χ4v) is 7.16. The van der Waals surface area contributed by atoms with Crippen molar-refractivity contribution in [2.45, 2.75) is 83.2 Å². The zero-order chi connectivity index (χ0) is 29.3. The highest BCUT2D eigenvalue weighted by Crippen LogP contribution is 2.51. The minimum Gasteiger partial charge on any atom is -0.376 e. The topological polar surface area (TPSA) is 76.6 Å². The first-order chi connectivity index (χ1) is 20.1. The fourth-order valence-electron chi connectivity index (χ4n) is 7.16. The van der Waals surface area contributed by atoms with Gasteiger partial charge in [0.1, 0.15) is 17.7 Å². The third kappa shape index (κ3) is 4.61. The summed E-state index contributed by atoms with van der Waals surface area (Å²) >= 11 is 0. The van der Waals surface area contributed by atoms with E-state index in [0.717, 1.165) is 48.6 Å². The number of halogens is 4. The molecule has 1 unspecified atom stereocenters. The van der Waals surface area contributed by atoms with E-state index in [1.807, 2.05) is 18.2 Å². The van der Waals surface area contributed by atoms with Gasteiger partial charge in [-0.25, -0.2) is 26.9 Å². The van der Waals surface area contributed by atoms with Crippen molar-refractivity contribution in [3.8, 4) is 0 Å². The zero-order valence-electron chi connectivity index (χ0n) is 23.9. The molecule has 0 spiro atoms. The van der Waals surface area contributed by atoms with E-state index in [-0.39, 0.29) is 36.9 Å². The number of fused-ring (bicyclic) bond motifs is 3. The number of hydrogen-bond acceptors (Lipinski definition) is 7. The highest BCUT2D eigenvalue weighted by molar-refractivity contribution is 5.87. The monoisotopic (exact) mass is 586 g/mol. The van der Waals surface area contributed by atoms with Crippen LogP contribution < -0.4 is 4.90 Å². The summed E-state index contributed by atoms with van der Waals surface area (Å²) in [4.78, 5) is 14.2.